The van der Waals surface area contributed by atoms with Gasteiger partial charge in [-0.3, -0.25) is 4.79 Å². The van der Waals surface area contributed by atoms with Crippen molar-refractivity contribution >= 4 is 23.4 Å². The van der Waals surface area contributed by atoms with E-state index < -0.39 is 0 Å². The lowest BCUT2D eigenvalue weighted by Gasteiger charge is -2.34. The van der Waals surface area contributed by atoms with E-state index in [0.717, 1.165) is 36.0 Å². The third-order valence-electron chi connectivity index (χ3n) is 4.21. The highest BCUT2D eigenvalue weighted by atomic mass is 16.5. The first-order chi connectivity index (χ1) is 12.0. The summed E-state index contributed by atoms with van der Waals surface area (Å²) in [4.78, 5) is 24.6. The molecule has 132 valence electrons. The van der Waals surface area contributed by atoms with Crippen molar-refractivity contribution in [2.24, 2.45) is 0 Å². The number of methoxy groups -OCH3 is 1. The molecule has 0 spiro atoms. The summed E-state index contributed by atoms with van der Waals surface area (Å²) in [5.41, 5.74) is 1.83. The molecule has 7 nitrogen and oxygen atoms in total. The lowest BCUT2D eigenvalue weighted by atomic mass is 10.3. The van der Waals surface area contributed by atoms with Gasteiger partial charge in [-0.15, -0.1) is 0 Å². The van der Waals surface area contributed by atoms with Crippen LogP contribution in [-0.2, 0) is 4.79 Å². The summed E-state index contributed by atoms with van der Waals surface area (Å²) in [6, 6.07) is 9.61. The van der Waals surface area contributed by atoms with Crippen molar-refractivity contribution in [1.29, 1.82) is 0 Å². The Labute approximate surface area is 147 Å². The zero-order chi connectivity index (χ0) is 17.8. The third-order valence-corrected chi connectivity index (χ3v) is 4.21. The van der Waals surface area contributed by atoms with Gasteiger partial charge in [0.1, 0.15) is 11.6 Å². The van der Waals surface area contributed by atoms with Gasteiger partial charge in [-0.2, -0.15) is 4.98 Å². The summed E-state index contributed by atoms with van der Waals surface area (Å²) in [5, 5.41) is 3.30. The summed E-state index contributed by atoms with van der Waals surface area (Å²) < 4.78 is 5.17. The van der Waals surface area contributed by atoms with Crippen molar-refractivity contribution in [3.63, 3.8) is 0 Å². The standard InChI is InChI=1S/C18H23N5O2/c1-13-12-17(20-15-4-6-16(25-3)7-5-15)21-18(19-13)23-10-8-22(9-11-23)14(2)24/h4-7,12H,8-11H2,1-3H3,(H,19,20,21). The van der Waals surface area contributed by atoms with Crippen LogP contribution in [0.1, 0.15) is 12.6 Å². The lowest BCUT2D eigenvalue weighted by molar-refractivity contribution is -0.129. The second-order valence-corrected chi connectivity index (χ2v) is 6.04. The lowest BCUT2D eigenvalue weighted by Crippen LogP contribution is -2.48. The first-order valence-electron chi connectivity index (χ1n) is 8.32. The number of anilines is 3. The van der Waals surface area contributed by atoms with Crippen molar-refractivity contribution in [1.82, 2.24) is 14.9 Å². The maximum Gasteiger partial charge on any atom is 0.227 e. The van der Waals surface area contributed by atoms with E-state index in [1.54, 1.807) is 14.0 Å². The highest BCUT2D eigenvalue weighted by molar-refractivity contribution is 5.73. The van der Waals surface area contributed by atoms with E-state index >= 15 is 0 Å². The van der Waals surface area contributed by atoms with Crippen LogP contribution in [0.25, 0.3) is 0 Å². The molecule has 1 aliphatic rings. The second kappa shape index (κ2) is 7.38. The number of piperazine rings is 1. The van der Waals surface area contributed by atoms with E-state index in [1.165, 1.54) is 0 Å². The highest BCUT2D eigenvalue weighted by Crippen LogP contribution is 2.21. The van der Waals surface area contributed by atoms with Crippen LogP contribution in [0.4, 0.5) is 17.5 Å². The normalized spacial score (nSPS) is 14.4. The third kappa shape index (κ3) is 4.17. The molecule has 3 rings (SSSR count). The number of hydrogen-bond acceptors (Lipinski definition) is 6. The number of nitrogens with one attached hydrogen (secondary N) is 1. The largest absolute Gasteiger partial charge is 0.497 e. The molecule has 0 saturated carbocycles. The molecule has 1 amide bonds. The number of amides is 1. The maximum absolute atomic E-state index is 11.5. The van der Waals surface area contributed by atoms with Gasteiger partial charge in [-0.05, 0) is 31.2 Å². The molecule has 0 atom stereocenters. The van der Waals surface area contributed by atoms with Crippen LogP contribution in [0.15, 0.2) is 30.3 Å². The monoisotopic (exact) mass is 341 g/mol. The van der Waals surface area contributed by atoms with Gasteiger partial charge in [0.25, 0.3) is 0 Å². The van der Waals surface area contributed by atoms with Gasteiger partial charge >= 0.3 is 0 Å². The van der Waals surface area contributed by atoms with E-state index in [0.29, 0.717) is 19.0 Å². The molecule has 1 aromatic heterocycles. The fraction of sp³-hybridized carbons (Fsp3) is 0.389. The van der Waals surface area contributed by atoms with Gasteiger partial charge in [0.2, 0.25) is 11.9 Å². The van der Waals surface area contributed by atoms with E-state index in [9.17, 15) is 4.79 Å². The molecule has 0 unspecified atom stereocenters. The van der Waals surface area contributed by atoms with E-state index in [4.69, 9.17) is 4.74 Å². The zero-order valence-corrected chi connectivity index (χ0v) is 14.8. The summed E-state index contributed by atoms with van der Waals surface area (Å²) in [7, 11) is 1.65. The number of rotatable bonds is 4. The molecule has 1 saturated heterocycles. The van der Waals surface area contributed by atoms with Crippen molar-refractivity contribution < 1.29 is 9.53 Å². The van der Waals surface area contributed by atoms with Crippen LogP contribution < -0.4 is 15.0 Å². The first-order valence-corrected chi connectivity index (χ1v) is 8.32. The van der Waals surface area contributed by atoms with Crippen LogP contribution in [0, 0.1) is 6.92 Å². The topological polar surface area (TPSA) is 70.6 Å². The number of aryl methyl sites for hydroxylation is 1. The van der Waals surface area contributed by atoms with Crippen molar-refractivity contribution in [2.45, 2.75) is 13.8 Å². The minimum atomic E-state index is 0.117. The SMILES string of the molecule is COc1ccc(Nc2cc(C)nc(N3CCN(C(C)=O)CC3)n2)cc1. The molecule has 0 aliphatic carbocycles. The molecule has 7 heteroatoms. The van der Waals surface area contributed by atoms with Crippen molar-refractivity contribution in [3.8, 4) is 5.75 Å². The van der Waals surface area contributed by atoms with E-state index in [-0.39, 0.29) is 5.91 Å². The average molecular weight is 341 g/mol. The Morgan fingerprint density at radius 3 is 2.40 bits per heavy atom. The maximum atomic E-state index is 11.5. The number of nitrogens with zero attached hydrogens (tertiary/aromatic N) is 4. The van der Waals surface area contributed by atoms with Gasteiger partial charge in [-0.25, -0.2) is 4.98 Å². The summed E-state index contributed by atoms with van der Waals surface area (Å²) >= 11 is 0. The summed E-state index contributed by atoms with van der Waals surface area (Å²) in [6.07, 6.45) is 0. The molecule has 0 radical (unpaired) electrons. The fourth-order valence-corrected chi connectivity index (χ4v) is 2.80. The summed E-state index contributed by atoms with van der Waals surface area (Å²) in [6.45, 7) is 6.45. The minimum absolute atomic E-state index is 0.117. The van der Waals surface area contributed by atoms with Crippen LogP contribution in [0.3, 0.4) is 0 Å². The Bertz CT molecular complexity index is 740. The van der Waals surface area contributed by atoms with Gasteiger partial charge in [-0.1, -0.05) is 0 Å². The van der Waals surface area contributed by atoms with Gasteiger partial charge < -0.3 is 19.9 Å². The van der Waals surface area contributed by atoms with Gasteiger partial charge in [0.15, 0.2) is 0 Å². The number of hydrogen-bond donors (Lipinski definition) is 1. The number of carbonyl (C=O) groups excluding carboxylic acids is 1. The molecular weight excluding hydrogens is 318 g/mol. The molecular formula is C18H23N5O2. The smallest absolute Gasteiger partial charge is 0.227 e. The zero-order valence-electron chi connectivity index (χ0n) is 14.8. The second-order valence-electron chi connectivity index (χ2n) is 6.04. The summed E-state index contributed by atoms with van der Waals surface area (Å²) in [5.74, 6) is 2.38. The molecule has 1 fully saturated rings. The van der Waals surface area contributed by atoms with Crippen molar-refractivity contribution in [3.05, 3.63) is 36.0 Å². The van der Waals surface area contributed by atoms with Crippen LogP contribution in [0.5, 0.6) is 5.75 Å². The highest BCUT2D eigenvalue weighted by Gasteiger charge is 2.21. The molecule has 25 heavy (non-hydrogen) atoms. The predicted molar refractivity (Wildman–Crippen MR) is 97.5 cm³/mol. The van der Waals surface area contributed by atoms with Gasteiger partial charge in [0, 0.05) is 50.6 Å². The molecule has 2 heterocycles. The van der Waals surface area contributed by atoms with E-state index in [2.05, 4.69) is 20.2 Å². The van der Waals surface area contributed by atoms with Crippen molar-refractivity contribution in [2.75, 3.05) is 43.5 Å². The number of carbonyl (C=O) groups is 1. The molecule has 1 aromatic carbocycles. The molecule has 1 aliphatic heterocycles. The Kier molecular flexibility index (Phi) is 5.02. The number of aromatic nitrogens is 2. The predicted octanol–water partition coefficient (Wildman–Crippen LogP) is 2.21. The number of ether oxygens (including phenoxy) is 1. The Morgan fingerprint density at radius 2 is 1.80 bits per heavy atom. The van der Waals surface area contributed by atoms with Gasteiger partial charge in [0.05, 0.1) is 7.11 Å². The minimum Gasteiger partial charge on any atom is -0.497 e. The first kappa shape index (κ1) is 17.0. The van der Waals surface area contributed by atoms with Crippen LogP contribution in [-0.4, -0.2) is 54.1 Å². The Hall–Kier alpha value is -2.83. The van der Waals surface area contributed by atoms with Crippen LogP contribution in [0.2, 0.25) is 0 Å². The Balaban J connectivity index is 1.73. The Morgan fingerprint density at radius 1 is 1.12 bits per heavy atom. The molecule has 2 aromatic rings. The fourth-order valence-electron chi connectivity index (χ4n) is 2.80. The molecule has 1 N–H and O–H groups in total. The molecule has 0 bridgehead atoms. The number of benzene rings is 1. The van der Waals surface area contributed by atoms with E-state index in [1.807, 2.05) is 42.2 Å². The van der Waals surface area contributed by atoms with Crippen LogP contribution >= 0.6 is 0 Å². The quantitative estimate of drug-likeness (QED) is 0.919. The average Bonchev–Trinajstić information content (AvgIpc) is 2.62.